The third-order valence-electron chi connectivity index (χ3n) is 4.03. The number of aromatic nitrogens is 3. The molecule has 0 radical (unpaired) electrons. The Hall–Kier alpha value is -1.88. The molecule has 3 rings (SSSR count). The first kappa shape index (κ1) is 14.1. The smallest absolute Gasteiger partial charge is 0.141 e. The first-order valence-electron chi connectivity index (χ1n) is 7.31. The van der Waals surface area contributed by atoms with E-state index in [1.165, 1.54) is 6.20 Å². The summed E-state index contributed by atoms with van der Waals surface area (Å²) in [5, 5.41) is 0. The second kappa shape index (κ2) is 6.26. The SMILES string of the molecule is Cc1ncc(CN2CCC(c3cncc(F)c3)CC2)cn1. The van der Waals surface area contributed by atoms with Crippen LogP contribution in [0.15, 0.2) is 30.9 Å². The maximum absolute atomic E-state index is 13.2. The number of halogens is 1. The fourth-order valence-electron chi connectivity index (χ4n) is 2.84. The molecule has 1 aliphatic rings. The second-order valence-electron chi connectivity index (χ2n) is 5.63. The van der Waals surface area contributed by atoms with E-state index in [2.05, 4.69) is 19.9 Å². The van der Waals surface area contributed by atoms with Crippen molar-refractivity contribution in [3.63, 3.8) is 0 Å². The van der Waals surface area contributed by atoms with Crippen LogP contribution in [-0.2, 0) is 6.54 Å². The van der Waals surface area contributed by atoms with Crippen LogP contribution in [0.3, 0.4) is 0 Å². The monoisotopic (exact) mass is 286 g/mol. The van der Waals surface area contributed by atoms with E-state index in [4.69, 9.17) is 0 Å². The molecule has 0 unspecified atom stereocenters. The Bertz CT molecular complexity index is 591. The molecule has 1 saturated heterocycles. The van der Waals surface area contributed by atoms with Crippen molar-refractivity contribution in [2.24, 2.45) is 0 Å². The number of aryl methyl sites for hydroxylation is 1. The molecule has 110 valence electrons. The number of likely N-dealkylation sites (tertiary alicyclic amines) is 1. The largest absolute Gasteiger partial charge is 0.299 e. The van der Waals surface area contributed by atoms with E-state index in [1.54, 1.807) is 12.3 Å². The van der Waals surface area contributed by atoms with Gasteiger partial charge in [0.2, 0.25) is 0 Å². The third-order valence-corrected chi connectivity index (χ3v) is 4.03. The van der Waals surface area contributed by atoms with Crippen molar-refractivity contribution in [1.29, 1.82) is 0 Å². The lowest BCUT2D eigenvalue weighted by atomic mass is 9.90. The predicted octanol–water partition coefficient (Wildman–Crippen LogP) is 2.70. The van der Waals surface area contributed by atoms with Crippen molar-refractivity contribution >= 4 is 0 Å². The predicted molar refractivity (Wildman–Crippen MR) is 78.2 cm³/mol. The van der Waals surface area contributed by atoms with Crippen molar-refractivity contribution in [3.05, 3.63) is 53.6 Å². The number of rotatable bonds is 3. The average molecular weight is 286 g/mol. The van der Waals surface area contributed by atoms with Gasteiger partial charge >= 0.3 is 0 Å². The molecular weight excluding hydrogens is 267 g/mol. The Morgan fingerprint density at radius 1 is 1.14 bits per heavy atom. The number of pyridine rings is 1. The summed E-state index contributed by atoms with van der Waals surface area (Å²) in [6, 6.07) is 1.61. The zero-order chi connectivity index (χ0) is 14.7. The summed E-state index contributed by atoms with van der Waals surface area (Å²) in [6.07, 6.45) is 8.92. The number of nitrogens with zero attached hydrogens (tertiary/aromatic N) is 4. The highest BCUT2D eigenvalue weighted by Gasteiger charge is 2.21. The summed E-state index contributed by atoms with van der Waals surface area (Å²) in [7, 11) is 0. The number of piperidine rings is 1. The van der Waals surface area contributed by atoms with Crippen LogP contribution < -0.4 is 0 Å². The highest BCUT2D eigenvalue weighted by Crippen LogP contribution is 2.28. The quantitative estimate of drug-likeness (QED) is 0.870. The minimum Gasteiger partial charge on any atom is -0.299 e. The summed E-state index contributed by atoms with van der Waals surface area (Å²) in [6.45, 7) is 4.79. The summed E-state index contributed by atoms with van der Waals surface area (Å²) in [5.74, 6) is 0.974. The molecule has 0 bridgehead atoms. The van der Waals surface area contributed by atoms with Crippen LogP contribution in [0.1, 0.15) is 35.7 Å². The van der Waals surface area contributed by atoms with Gasteiger partial charge < -0.3 is 0 Å². The molecule has 2 aromatic heterocycles. The van der Waals surface area contributed by atoms with Crippen LogP contribution in [0.25, 0.3) is 0 Å². The van der Waals surface area contributed by atoms with Gasteiger partial charge in [0.15, 0.2) is 0 Å². The van der Waals surface area contributed by atoms with Crippen LogP contribution in [0, 0.1) is 12.7 Å². The molecule has 0 spiro atoms. The molecule has 0 aliphatic carbocycles. The normalized spacial score (nSPS) is 17.0. The van der Waals surface area contributed by atoms with E-state index in [0.29, 0.717) is 5.92 Å². The zero-order valence-electron chi connectivity index (χ0n) is 12.2. The molecule has 0 N–H and O–H groups in total. The molecule has 0 saturated carbocycles. The van der Waals surface area contributed by atoms with Gasteiger partial charge in [-0.2, -0.15) is 0 Å². The number of hydrogen-bond donors (Lipinski definition) is 0. The van der Waals surface area contributed by atoms with E-state index in [0.717, 1.165) is 49.4 Å². The lowest BCUT2D eigenvalue weighted by Gasteiger charge is -2.31. The summed E-state index contributed by atoms with van der Waals surface area (Å²) < 4.78 is 13.2. The molecule has 3 heterocycles. The van der Waals surface area contributed by atoms with E-state index in [1.807, 2.05) is 19.3 Å². The lowest BCUT2D eigenvalue weighted by molar-refractivity contribution is 0.204. The van der Waals surface area contributed by atoms with Crippen LogP contribution in [-0.4, -0.2) is 32.9 Å². The Morgan fingerprint density at radius 3 is 2.52 bits per heavy atom. The van der Waals surface area contributed by atoms with E-state index in [9.17, 15) is 4.39 Å². The minimum absolute atomic E-state index is 0.244. The Labute approximate surface area is 124 Å². The average Bonchev–Trinajstić information content (AvgIpc) is 2.50. The molecule has 0 aromatic carbocycles. The molecule has 21 heavy (non-hydrogen) atoms. The third kappa shape index (κ3) is 3.61. The minimum atomic E-state index is -0.244. The summed E-state index contributed by atoms with van der Waals surface area (Å²) in [4.78, 5) is 14.8. The fraction of sp³-hybridized carbons (Fsp3) is 0.438. The lowest BCUT2D eigenvalue weighted by Crippen LogP contribution is -2.32. The van der Waals surface area contributed by atoms with Crippen LogP contribution >= 0.6 is 0 Å². The number of hydrogen-bond acceptors (Lipinski definition) is 4. The van der Waals surface area contributed by atoms with Crippen molar-refractivity contribution in [2.75, 3.05) is 13.1 Å². The topological polar surface area (TPSA) is 41.9 Å². The maximum atomic E-state index is 13.2. The van der Waals surface area contributed by atoms with Gasteiger partial charge in [-0.25, -0.2) is 14.4 Å². The maximum Gasteiger partial charge on any atom is 0.141 e. The molecule has 0 amide bonds. The highest BCUT2D eigenvalue weighted by molar-refractivity contribution is 5.16. The molecule has 0 atom stereocenters. The van der Waals surface area contributed by atoms with Gasteiger partial charge in [0.25, 0.3) is 0 Å². The van der Waals surface area contributed by atoms with E-state index in [-0.39, 0.29) is 5.82 Å². The van der Waals surface area contributed by atoms with Gasteiger partial charge in [0.05, 0.1) is 6.20 Å². The van der Waals surface area contributed by atoms with Crippen molar-refractivity contribution in [2.45, 2.75) is 32.2 Å². The van der Waals surface area contributed by atoms with Crippen LogP contribution in [0.4, 0.5) is 4.39 Å². The molecular formula is C16H19FN4. The van der Waals surface area contributed by atoms with Gasteiger partial charge in [0, 0.05) is 30.7 Å². The Kier molecular flexibility index (Phi) is 4.20. The van der Waals surface area contributed by atoms with E-state index < -0.39 is 0 Å². The fourth-order valence-corrected chi connectivity index (χ4v) is 2.84. The van der Waals surface area contributed by atoms with Crippen LogP contribution in [0.5, 0.6) is 0 Å². The summed E-state index contributed by atoms with van der Waals surface area (Å²) >= 11 is 0. The first-order chi connectivity index (χ1) is 10.2. The van der Waals surface area contributed by atoms with Gasteiger partial charge in [-0.15, -0.1) is 0 Å². The van der Waals surface area contributed by atoms with Gasteiger partial charge in [-0.1, -0.05) is 0 Å². The Morgan fingerprint density at radius 2 is 1.86 bits per heavy atom. The molecule has 1 aliphatic heterocycles. The molecule has 4 nitrogen and oxygen atoms in total. The van der Waals surface area contributed by atoms with Gasteiger partial charge in [-0.05, 0) is 50.4 Å². The summed E-state index contributed by atoms with van der Waals surface area (Å²) in [5.41, 5.74) is 2.17. The van der Waals surface area contributed by atoms with E-state index >= 15 is 0 Å². The van der Waals surface area contributed by atoms with Crippen LogP contribution in [0.2, 0.25) is 0 Å². The van der Waals surface area contributed by atoms with Gasteiger partial charge in [0.1, 0.15) is 11.6 Å². The van der Waals surface area contributed by atoms with Crippen molar-refractivity contribution < 1.29 is 4.39 Å². The molecule has 2 aromatic rings. The first-order valence-corrected chi connectivity index (χ1v) is 7.31. The second-order valence-corrected chi connectivity index (χ2v) is 5.63. The van der Waals surface area contributed by atoms with Crippen molar-refractivity contribution in [3.8, 4) is 0 Å². The molecule has 1 fully saturated rings. The Balaban J connectivity index is 1.56. The van der Waals surface area contributed by atoms with Crippen molar-refractivity contribution in [1.82, 2.24) is 19.9 Å². The van der Waals surface area contributed by atoms with Gasteiger partial charge in [-0.3, -0.25) is 9.88 Å². The zero-order valence-corrected chi connectivity index (χ0v) is 12.2. The standard InChI is InChI=1S/C16H19FN4/c1-12-19-7-13(8-20-12)11-21-4-2-14(3-5-21)15-6-16(17)10-18-9-15/h6-10,14H,2-5,11H2,1H3. The highest BCUT2D eigenvalue weighted by atomic mass is 19.1. The molecule has 5 heteroatoms.